The molecule has 2 aromatic carbocycles. The summed E-state index contributed by atoms with van der Waals surface area (Å²) in [6.07, 6.45) is 0. The third-order valence-corrected chi connectivity index (χ3v) is 2.53. The molecule has 2 rings (SSSR count). The number of nitriles is 1. The Hall–Kier alpha value is -2.21. The van der Waals surface area contributed by atoms with Gasteiger partial charge in [-0.15, -0.1) is 0 Å². The van der Waals surface area contributed by atoms with Crippen LogP contribution in [0.3, 0.4) is 0 Å². The van der Waals surface area contributed by atoms with Gasteiger partial charge in [-0.05, 0) is 24.6 Å². The number of aryl methyl sites for hydroxylation is 1. The summed E-state index contributed by atoms with van der Waals surface area (Å²) in [6, 6.07) is 11.2. The molecule has 0 radical (unpaired) electrons. The van der Waals surface area contributed by atoms with Crippen LogP contribution in [0, 0.1) is 29.9 Å². The lowest BCUT2D eigenvalue weighted by atomic mass is 10.0. The Bertz CT molecular complexity index is 612. The summed E-state index contributed by atoms with van der Waals surface area (Å²) in [5.41, 5.74) is 1.32. The minimum absolute atomic E-state index is 0.242. The van der Waals surface area contributed by atoms with Crippen LogP contribution < -0.4 is 0 Å². The van der Waals surface area contributed by atoms with E-state index in [4.69, 9.17) is 5.26 Å². The van der Waals surface area contributed by atoms with Crippen LogP contribution in [0.15, 0.2) is 36.4 Å². The van der Waals surface area contributed by atoms with Crippen LogP contribution >= 0.6 is 0 Å². The van der Waals surface area contributed by atoms with Gasteiger partial charge in [-0.3, -0.25) is 0 Å². The Morgan fingerprint density at radius 2 is 1.88 bits per heavy atom. The van der Waals surface area contributed by atoms with Crippen LogP contribution in [0.2, 0.25) is 0 Å². The molecule has 0 spiro atoms. The summed E-state index contributed by atoms with van der Waals surface area (Å²) >= 11 is 0. The molecule has 0 atom stereocenters. The van der Waals surface area contributed by atoms with Gasteiger partial charge in [0.05, 0.1) is 0 Å². The molecule has 84 valence electrons. The zero-order chi connectivity index (χ0) is 12.4. The molecule has 0 aliphatic carbocycles. The van der Waals surface area contributed by atoms with Gasteiger partial charge in [-0.25, -0.2) is 8.78 Å². The van der Waals surface area contributed by atoms with Crippen molar-refractivity contribution in [1.82, 2.24) is 0 Å². The monoisotopic (exact) mass is 229 g/mol. The van der Waals surface area contributed by atoms with E-state index in [0.717, 1.165) is 11.6 Å². The Morgan fingerprint density at radius 3 is 2.53 bits per heavy atom. The third kappa shape index (κ3) is 2.02. The van der Waals surface area contributed by atoms with Gasteiger partial charge in [0.2, 0.25) is 0 Å². The average molecular weight is 229 g/mol. The van der Waals surface area contributed by atoms with Gasteiger partial charge in [-0.2, -0.15) is 5.26 Å². The lowest BCUT2D eigenvalue weighted by Gasteiger charge is -2.06. The highest BCUT2D eigenvalue weighted by atomic mass is 19.1. The second-order valence-corrected chi connectivity index (χ2v) is 3.77. The number of rotatable bonds is 1. The van der Waals surface area contributed by atoms with E-state index in [2.05, 4.69) is 0 Å². The summed E-state index contributed by atoms with van der Waals surface area (Å²) in [7, 11) is 0. The van der Waals surface area contributed by atoms with E-state index in [0.29, 0.717) is 5.56 Å². The van der Waals surface area contributed by atoms with Crippen LogP contribution in [0.25, 0.3) is 11.1 Å². The van der Waals surface area contributed by atoms with Crippen molar-refractivity contribution < 1.29 is 8.78 Å². The molecule has 17 heavy (non-hydrogen) atoms. The molecule has 0 saturated carbocycles. The second-order valence-electron chi connectivity index (χ2n) is 3.77. The molecular formula is C14H9F2N. The first-order valence-electron chi connectivity index (χ1n) is 5.08. The minimum Gasteiger partial charge on any atom is -0.205 e. The lowest BCUT2D eigenvalue weighted by molar-refractivity contribution is 0.579. The maximum absolute atomic E-state index is 13.9. The third-order valence-electron chi connectivity index (χ3n) is 2.53. The predicted molar refractivity (Wildman–Crippen MR) is 61.2 cm³/mol. The Morgan fingerprint density at radius 1 is 1.12 bits per heavy atom. The molecule has 2 aromatic rings. The van der Waals surface area contributed by atoms with Crippen molar-refractivity contribution in [3.05, 3.63) is 59.2 Å². The maximum atomic E-state index is 13.9. The fraction of sp³-hybridized carbons (Fsp3) is 0.0714. The van der Waals surface area contributed by atoms with E-state index in [9.17, 15) is 8.78 Å². The van der Waals surface area contributed by atoms with Gasteiger partial charge in [0, 0.05) is 5.56 Å². The Labute approximate surface area is 97.9 Å². The van der Waals surface area contributed by atoms with Gasteiger partial charge >= 0.3 is 0 Å². The molecule has 0 amide bonds. The first kappa shape index (κ1) is 11.3. The van der Waals surface area contributed by atoms with E-state index >= 15 is 0 Å². The van der Waals surface area contributed by atoms with Gasteiger partial charge in [-0.1, -0.05) is 29.8 Å². The molecule has 0 fully saturated rings. The molecule has 0 aliphatic rings. The summed E-state index contributed by atoms with van der Waals surface area (Å²) in [5, 5.41) is 8.70. The van der Waals surface area contributed by atoms with Gasteiger partial charge < -0.3 is 0 Å². The van der Waals surface area contributed by atoms with Gasteiger partial charge in [0.15, 0.2) is 5.82 Å². The average Bonchev–Trinajstić information content (AvgIpc) is 2.29. The van der Waals surface area contributed by atoms with Crippen LogP contribution in [-0.2, 0) is 0 Å². The summed E-state index contributed by atoms with van der Waals surface area (Å²) < 4.78 is 27.1. The van der Waals surface area contributed by atoms with Crippen LogP contribution in [0.1, 0.15) is 11.1 Å². The number of nitrogens with zero attached hydrogens (tertiary/aromatic N) is 1. The van der Waals surface area contributed by atoms with E-state index in [1.807, 2.05) is 13.0 Å². The fourth-order valence-electron chi connectivity index (χ4n) is 1.69. The van der Waals surface area contributed by atoms with Crippen molar-refractivity contribution in [3.8, 4) is 17.2 Å². The normalized spacial score (nSPS) is 10.0. The quantitative estimate of drug-likeness (QED) is 0.729. The number of halogens is 2. The molecule has 0 aromatic heterocycles. The molecule has 0 bridgehead atoms. The molecule has 0 heterocycles. The van der Waals surface area contributed by atoms with E-state index < -0.39 is 17.2 Å². The van der Waals surface area contributed by atoms with Crippen LogP contribution in [0.5, 0.6) is 0 Å². The molecule has 0 N–H and O–H groups in total. The summed E-state index contributed by atoms with van der Waals surface area (Å²) in [5.74, 6) is -1.64. The zero-order valence-corrected chi connectivity index (χ0v) is 9.17. The highest BCUT2D eigenvalue weighted by Gasteiger charge is 2.14. The van der Waals surface area contributed by atoms with E-state index in [1.54, 1.807) is 18.2 Å². The Kier molecular flexibility index (Phi) is 2.88. The number of hydrogen-bond donors (Lipinski definition) is 0. The van der Waals surface area contributed by atoms with Crippen molar-refractivity contribution in [1.29, 1.82) is 5.26 Å². The lowest BCUT2D eigenvalue weighted by Crippen LogP contribution is -1.94. The van der Waals surface area contributed by atoms with Crippen LogP contribution in [0.4, 0.5) is 8.78 Å². The molecule has 3 heteroatoms. The fourth-order valence-corrected chi connectivity index (χ4v) is 1.69. The summed E-state index contributed by atoms with van der Waals surface area (Å²) in [6.45, 7) is 1.89. The highest BCUT2D eigenvalue weighted by molar-refractivity contribution is 5.67. The molecule has 1 nitrogen and oxygen atoms in total. The largest absolute Gasteiger partial charge is 0.205 e. The highest BCUT2D eigenvalue weighted by Crippen LogP contribution is 2.26. The summed E-state index contributed by atoms with van der Waals surface area (Å²) in [4.78, 5) is 0. The minimum atomic E-state index is -0.832. The van der Waals surface area contributed by atoms with Crippen molar-refractivity contribution in [3.63, 3.8) is 0 Å². The Balaban J connectivity index is 2.66. The smallest absolute Gasteiger partial charge is 0.151 e. The van der Waals surface area contributed by atoms with Crippen LogP contribution in [-0.4, -0.2) is 0 Å². The van der Waals surface area contributed by atoms with Crippen molar-refractivity contribution in [2.45, 2.75) is 6.92 Å². The number of hydrogen-bond acceptors (Lipinski definition) is 1. The SMILES string of the molecule is Cc1cccc(-c2ccc(F)c(C#N)c2F)c1. The van der Waals surface area contributed by atoms with E-state index in [-0.39, 0.29) is 5.56 Å². The number of benzene rings is 2. The first-order chi connectivity index (χ1) is 8.13. The zero-order valence-electron chi connectivity index (χ0n) is 9.17. The molecule has 0 unspecified atom stereocenters. The van der Waals surface area contributed by atoms with E-state index in [1.165, 1.54) is 12.1 Å². The standard InChI is InChI=1S/C14H9F2N/c1-9-3-2-4-10(7-9)11-5-6-13(15)12(8-17)14(11)16/h2-7H,1H3. The first-order valence-corrected chi connectivity index (χ1v) is 5.08. The molecular weight excluding hydrogens is 220 g/mol. The maximum Gasteiger partial charge on any atom is 0.151 e. The van der Waals surface area contributed by atoms with Gasteiger partial charge in [0.25, 0.3) is 0 Å². The molecule has 0 aliphatic heterocycles. The van der Waals surface area contributed by atoms with Crippen molar-refractivity contribution in [2.75, 3.05) is 0 Å². The van der Waals surface area contributed by atoms with Crippen molar-refractivity contribution >= 4 is 0 Å². The van der Waals surface area contributed by atoms with Crippen molar-refractivity contribution in [2.24, 2.45) is 0 Å². The van der Waals surface area contributed by atoms with Gasteiger partial charge in [0.1, 0.15) is 17.4 Å². The topological polar surface area (TPSA) is 23.8 Å². The second kappa shape index (κ2) is 4.34. The predicted octanol–water partition coefficient (Wildman–Crippen LogP) is 3.81. The molecule has 0 saturated heterocycles.